The highest BCUT2D eigenvalue weighted by Crippen LogP contribution is 2.37. The Morgan fingerprint density at radius 3 is 2.77 bits per heavy atom. The van der Waals surface area contributed by atoms with Gasteiger partial charge in [0.1, 0.15) is 16.5 Å². The number of nitrogens with one attached hydrogen (secondary N) is 1. The lowest BCUT2D eigenvalue weighted by Crippen LogP contribution is -2.21. The van der Waals surface area contributed by atoms with E-state index in [1.54, 1.807) is 23.5 Å². The minimum Gasteiger partial charge on any atom is -0.481 e. The third kappa shape index (κ3) is 4.11. The molecular formula is C21H22N4O4S. The largest absolute Gasteiger partial charge is 0.481 e. The molecule has 2 aromatic heterocycles. The molecule has 156 valence electrons. The number of carboxylic acids is 1. The van der Waals surface area contributed by atoms with Gasteiger partial charge in [-0.3, -0.25) is 14.9 Å². The molecule has 1 fully saturated rings. The highest BCUT2D eigenvalue weighted by atomic mass is 32.1. The van der Waals surface area contributed by atoms with Gasteiger partial charge in [-0.15, -0.1) is 11.3 Å². The molecule has 0 aliphatic heterocycles. The van der Waals surface area contributed by atoms with E-state index in [0.717, 1.165) is 45.8 Å². The number of fused-ring (bicyclic) bond motifs is 1. The van der Waals surface area contributed by atoms with Gasteiger partial charge in [-0.05, 0) is 49.1 Å². The van der Waals surface area contributed by atoms with Gasteiger partial charge in [-0.2, -0.15) is 0 Å². The number of aryl methyl sites for hydroxylation is 1. The molecule has 1 saturated carbocycles. The molecule has 2 heterocycles. The Bertz CT molecular complexity index is 1110. The van der Waals surface area contributed by atoms with Gasteiger partial charge in [0.2, 0.25) is 0 Å². The summed E-state index contributed by atoms with van der Waals surface area (Å²) in [6.45, 7) is 2.42. The number of nitrogens with zero attached hydrogens (tertiary/aromatic N) is 3. The molecule has 1 aliphatic carbocycles. The lowest BCUT2D eigenvalue weighted by atomic mass is 9.81. The van der Waals surface area contributed by atoms with Crippen LogP contribution >= 0.6 is 11.3 Å². The normalized spacial score (nSPS) is 19.0. The van der Waals surface area contributed by atoms with Crippen molar-refractivity contribution in [3.05, 3.63) is 56.7 Å². The Hall–Kier alpha value is -3.07. The minimum absolute atomic E-state index is 0.0599. The van der Waals surface area contributed by atoms with E-state index in [-0.39, 0.29) is 17.5 Å². The summed E-state index contributed by atoms with van der Waals surface area (Å²) in [5.74, 6) is 0.611. The minimum atomic E-state index is -0.724. The van der Waals surface area contributed by atoms with Gasteiger partial charge in [0.25, 0.3) is 5.69 Å². The number of benzene rings is 1. The van der Waals surface area contributed by atoms with Crippen LogP contribution in [0.25, 0.3) is 10.2 Å². The number of hydrogen-bond acceptors (Lipinski definition) is 7. The van der Waals surface area contributed by atoms with E-state index >= 15 is 0 Å². The van der Waals surface area contributed by atoms with Gasteiger partial charge in [-0.25, -0.2) is 9.97 Å². The summed E-state index contributed by atoms with van der Waals surface area (Å²) < 4.78 is 0. The highest BCUT2D eigenvalue weighted by Gasteiger charge is 2.29. The number of thiophene rings is 1. The van der Waals surface area contributed by atoms with Crippen molar-refractivity contribution in [2.75, 3.05) is 5.32 Å². The summed E-state index contributed by atoms with van der Waals surface area (Å²) in [6.07, 6.45) is 2.80. The van der Waals surface area contributed by atoms with Crippen molar-refractivity contribution in [3.63, 3.8) is 0 Å². The first-order valence-corrected chi connectivity index (χ1v) is 10.8. The first-order chi connectivity index (χ1) is 14.4. The number of nitro benzene ring substituents is 1. The summed E-state index contributed by atoms with van der Waals surface area (Å²) in [5.41, 5.74) is 1.94. The molecule has 8 nitrogen and oxygen atoms in total. The Kier molecular flexibility index (Phi) is 5.63. The second-order valence-electron chi connectivity index (χ2n) is 7.70. The zero-order valence-electron chi connectivity index (χ0n) is 16.5. The quantitative estimate of drug-likeness (QED) is 0.426. The van der Waals surface area contributed by atoms with Gasteiger partial charge in [-0.1, -0.05) is 12.1 Å². The van der Waals surface area contributed by atoms with Crippen molar-refractivity contribution in [1.29, 1.82) is 0 Å². The van der Waals surface area contributed by atoms with Crippen LogP contribution in [0.15, 0.2) is 29.6 Å². The summed E-state index contributed by atoms with van der Waals surface area (Å²) >= 11 is 1.57. The second kappa shape index (κ2) is 8.35. The highest BCUT2D eigenvalue weighted by molar-refractivity contribution is 7.17. The van der Waals surface area contributed by atoms with Gasteiger partial charge < -0.3 is 10.4 Å². The third-order valence-electron chi connectivity index (χ3n) is 5.66. The number of carboxylic acid groups (broad SMARTS) is 1. The standard InChI is InChI=1S/C21H22N4O4S/c1-12-11-30-20-17(12)19(22-10-13-3-2-4-16(9-13)25(28)29)23-18(24-20)14-5-7-15(8-6-14)21(26)27/h2-4,9,11,14-15H,5-8,10H2,1H3,(H,26,27)(H,22,23,24). The number of rotatable bonds is 6. The maximum atomic E-state index is 11.2. The van der Waals surface area contributed by atoms with E-state index in [2.05, 4.69) is 5.32 Å². The maximum absolute atomic E-state index is 11.2. The van der Waals surface area contributed by atoms with Crippen LogP contribution in [0.4, 0.5) is 11.5 Å². The number of aromatic nitrogens is 2. The van der Waals surface area contributed by atoms with Crippen LogP contribution in [-0.4, -0.2) is 26.0 Å². The molecule has 4 rings (SSSR count). The fourth-order valence-corrected chi connectivity index (χ4v) is 4.90. The molecule has 0 atom stereocenters. The van der Waals surface area contributed by atoms with Crippen LogP contribution in [0.3, 0.4) is 0 Å². The zero-order valence-corrected chi connectivity index (χ0v) is 17.3. The third-order valence-corrected chi connectivity index (χ3v) is 6.65. The van der Waals surface area contributed by atoms with Crippen molar-refractivity contribution in [2.24, 2.45) is 5.92 Å². The average Bonchev–Trinajstić information content (AvgIpc) is 3.13. The second-order valence-corrected chi connectivity index (χ2v) is 8.55. The van der Waals surface area contributed by atoms with Crippen LogP contribution in [0.2, 0.25) is 0 Å². The molecule has 0 radical (unpaired) electrons. The fraction of sp³-hybridized carbons (Fsp3) is 0.381. The fourth-order valence-electron chi connectivity index (χ4n) is 3.98. The monoisotopic (exact) mass is 426 g/mol. The number of nitro groups is 1. The van der Waals surface area contributed by atoms with Gasteiger partial charge in [0.15, 0.2) is 0 Å². The Morgan fingerprint density at radius 2 is 2.07 bits per heavy atom. The molecule has 3 aromatic rings. The van der Waals surface area contributed by atoms with E-state index in [0.29, 0.717) is 19.4 Å². The molecule has 0 amide bonds. The van der Waals surface area contributed by atoms with Gasteiger partial charge >= 0.3 is 5.97 Å². The van der Waals surface area contributed by atoms with E-state index in [4.69, 9.17) is 9.97 Å². The molecule has 1 aromatic carbocycles. The van der Waals surface area contributed by atoms with Gasteiger partial charge in [0.05, 0.1) is 16.2 Å². The van der Waals surface area contributed by atoms with E-state index < -0.39 is 10.9 Å². The molecule has 1 aliphatic rings. The molecule has 30 heavy (non-hydrogen) atoms. The molecule has 0 spiro atoms. The SMILES string of the molecule is Cc1csc2nc(C3CCC(C(=O)O)CC3)nc(NCc3cccc([N+](=O)[O-])c3)c12. The summed E-state index contributed by atoms with van der Waals surface area (Å²) in [5, 5.41) is 26.6. The summed E-state index contributed by atoms with van der Waals surface area (Å²) in [7, 11) is 0. The topological polar surface area (TPSA) is 118 Å². The van der Waals surface area contributed by atoms with Crippen molar-refractivity contribution in [3.8, 4) is 0 Å². The van der Waals surface area contributed by atoms with Crippen LogP contribution in [0, 0.1) is 23.0 Å². The number of aliphatic carboxylic acids is 1. The maximum Gasteiger partial charge on any atom is 0.306 e. The molecule has 0 unspecified atom stereocenters. The van der Waals surface area contributed by atoms with Crippen molar-refractivity contribution >= 4 is 39.0 Å². The average molecular weight is 426 g/mol. The van der Waals surface area contributed by atoms with Crippen LogP contribution < -0.4 is 5.32 Å². The van der Waals surface area contributed by atoms with Crippen molar-refractivity contribution in [2.45, 2.75) is 45.1 Å². The predicted molar refractivity (Wildman–Crippen MR) is 115 cm³/mol. The van der Waals surface area contributed by atoms with E-state index in [1.807, 2.05) is 18.4 Å². The Labute approximate surface area is 177 Å². The summed E-state index contributed by atoms with van der Waals surface area (Å²) in [4.78, 5) is 32.3. The predicted octanol–water partition coefficient (Wildman–Crippen LogP) is 4.88. The number of non-ortho nitro benzene ring substituents is 1. The smallest absolute Gasteiger partial charge is 0.306 e. The number of carbonyl (C=O) groups is 1. The molecular weight excluding hydrogens is 404 g/mol. The Balaban J connectivity index is 1.59. The molecule has 2 N–H and O–H groups in total. The zero-order chi connectivity index (χ0) is 21.3. The Morgan fingerprint density at radius 1 is 1.30 bits per heavy atom. The lowest BCUT2D eigenvalue weighted by Gasteiger charge is -2.25. The first kappa shape index (κ1) is 20.2. The van der Waals surface area contributed by atoms with Crippen LogP contribution in [0.1, 0.15) is 48.6 Å². The lowest BCUT2D eigenvalue weighted by molar-refractivity contribution is -0.384. The molecule has 0 bridgehead atoms. The van der Waals surface area contributed by atoms with Crippen LogP contribution in [0.5, 0.6) is 0 Å². The van der Waals surface area contributed by atoms with E-state index in [1.165, 1.54) is 6.07 Å². The number of anilines is 1. The van der Waals surface area contributed by atoms with Crippen molar-refractivity contribution in [1.82, 2.24) is 9.97 Å². The summed E-state index contributed by atoms with van der Waals surface area (Å²) in [6, 6.07) is 6.54. The molecule has 0 saturated heterocycles. The van der Waals surface area contributed by atoms with E-state index in [9.17, 15) is 20.0 Å². The van der Waals surface area contributed by atoms with Crippen LogP contribution in [-0.2, 0) is 11.3 Å². The number of hydrogen-bond donors (Lipinski definition) is 2. The van der Waals surface area contributed by atoms with Gasteiger partial charge in [0, 0.05) is 24.6 Å². The molecule has 9 heteroatoms. The first-order valence-electron chi connectivity index (χ1n) is 9.88. The van der Waals surface area contributed by atoms with Crippen molar-refractivity contribution < 1.29 is 14.8 Å².